The molecular weight excluding hydrogens is 1300 g/mol. The van der Waals surface area contributed by atoms with E-state index >= 15 is 0 Å². The number of aryl methyl sites for hydroxylation is 1. The molecule has 4 aliphatic heterocycles. The highest BCUT2D eigenvalue weighted by atomic mass is 16.7. The topological polar surface area (TPSA) is 324 Å². The lowest BCUT2D eigenvalue weighted by atomic mass is 9.85. The van der Waals surface area contributed by atoms with Gasteiger partial charge in [0.05, 0.1) is 43.7 Å². The average molecular weight is 1400 g/mol. The van der Waals surface area contributed by atoms with Crippen LogP contribution in [0.4, 0.5) is 0 Å². The molecule has 6 N–H and O–H groups in total. The highest BCUT2D eigenvalue weighted by molar-refractivity contribution is 6.25. The van der Waals surface area contributed by atoms with Gasteiger partial charge in [-0.15, -0.1) is 0 Å². The zero-order chi connectivity index (χ0) is 71.6. The number of benzene rings is 3. The number of cyclic esters (lactones) is 1. The molecule has 7 atom stereocenters. The molecule has 0 unspecified atom stereocenters. The van der Waals surface area contributed by atoms with Crippen LogP contribution in [0.2, 0.25) is 0 Å². The van der Waals surface area contributed by atoms with Crippen LogP contribution in [0.25, 0.3) is 5.57 Å². The maximum absolute atomic E-state index is 14.3. The Morgan fingerprint density at radius 2 is 1.13 bits per heavy atom. The summed E-state index contributed by atoms with van der Waals surface area (Å²) in [6.07, 6.45) is 4.45. The fraction of sp³-hybridized carbons (Fsp3) is 0.527. The number of piperidine rings is 1. The van der Waals surface area contributed by atoms with E-state index in [2.05, 4.69) is 46.6 Å². The number of amides is 6. The van der Waals surface area contributed by atoms with Crippen molar-refractivity contribution < 1.29 is 76.4 Å². The van der Waals surface area contributed by atoms with Crippen molar-refractivity contribution in [1.82, 2.24) is 56.1 Å². The van der Waals surface area contributed by atoms with Gasteiger partial charge in [-0.2, -0.15) is 0 Å². The largest absolute Gasteiger partial charge is 0.461 e. The van der Waals surface area contributed by atoms with Crippen LogP contribution in [0.3, 0.4) is 0 Å². The van der Waals surface area contributed by atoms with E-state index in [1.165, 1.54) is 7.11 Å². The number of nitrogens with zero attached hydrogens (tertiary/aromatic N) is 5. The summed E-state index contributed by atoms with van der Waals surface area (Å²) in [4.78, 5) is 156. The van der Waals surface area contributed by atoms with Crippen molar-refractivity contribution in [2.24, 2.45) is 17.8 Å². The van der Waals surface area contributed by atoms with E-state index in [0.29, 0.717) is 83.4 Å². The molecule has 1 aromatic heterocycles. The van der Waals surface area contributed by atoms with Crippen molar-refractivity contribution in [1.29, 1.82) is 0 Å². The van der Waals surface area contributed by atoms with Crippen molar-refractivity contribution in [3.63, 3.8) is 0 Å². The Morgan fingerprint density at radius 3 is 1.71 bits per heavy atom. The Balaban J connectivity index is 0.723. The Morgan fingerprint density at radius 1 is 0.574 bits per heavy atom. The first-order chi connectivity index (χ1) is 48.9. The van der Waals surface area contributed by atoms with E-state index in [4.69, 9.17) is 23.7 Å². The molecule has 3 fully saturated rings. The number of hydrogen-bond acceptors (Lipinski definition) is 20. The number of ketones is 1. The minimum Gasteiger partial charge on any atom is -0.461 e. The van der Waals surface area contributed by atoms with E-state index in [-0.39, 0.29) is 120 Å². The van der Waals surface area contributed by atoms with Gasteiger partial charge < -0.3 is 65.1 Å². The molecule has 0 saturated carbocycles. The summed E-state index contributed by atoms with van der Waals surface area (Å²) in [6, 6.07) is 26.2. The van der Waals surface area contributed by atoms with Crippen molar-refractivity contribution in [2.45, 2.75) is 135 Å². The number of carbonyl (C=O) groups is 11. The predicted octanol–water partition coefficient (Wildman–Crippen LogP) is 2.58. The van der Waals surface area contributed by atoms with Gasteiger partial charge in [0.1, 0.15) is 37.9 Å². The van der Waals surface area contributed by atoms with Gasteiger partial charge in [0.2, 0.25) is 41.7 Å². The second-order valence-electron chi connectivity index (χ2n) is 26.6. The molecule has 3 saturated heterocycles. The van der Waals surface area contributed by atoms with E-state index < -0.39 is 83.8 Å². The zero-order valence-electron chi connectivity index (χ0n) is 58.1. The van der Waals surface area contributed by atoms with Crippen molar-refractivity contribution in [2.75, 3.05) is 98.7 Å². The Bertz CT molecular complexity index is 3440. The number of methoxy groups -OCH3 is 1. The molecule has 544 valence electrons. The Kier molecular flexibility index (Phi) is 29.1. The maximum Gasteiger partial charge on any atom is 0.320 e. The molecule has 6 amide bonds. The van der Waals surface area contributed by atoms with Crippen LogP contribution >= 0.6 is 0 Å². The number of likely N-dealkylation sites (tertiary alicyclic amines) is 1. The second-order valence-corrected chi connectivity index (χ2v) is 26.6. The van der Waals surface area contributed by atoms with Crippen molar-refractivity contribution in [3.8, 4) is 0 Å². The molecule has 5 heterocycles. The van der Waals surface area contributed by atoms with Gasteiger partial charge in [0, 0.05) is 104 Å². The number of Topliss-reactive ketones (excluding diaryl/α,β-unsaturated/α-hetero) is 1. The standard InChI is InChI=1S/C74H97N11O16/c1-4-50(2)68(73(96)78-58-27-33-85-32-26-55-40-56(41-57(69(55)85)70(58)93)71(94)79-60-42-65(90)101-74(60)97-3)80-62(87)23-28-75-61(86)22-29-76-72(95)59(20-21-64(89)98-47-52-14-8-5-9-15-52)77-63(88)44-81-30-24-51(25-31-81)43-82-34-36-83(45-66(91)99-48-53-16-10-6-11-17-53)38-39-84(37-35-82)46-67(92)100-49-54-18-12-7-13-19-54/h5-19,26,32,41,50-51,56,58-60,68,74H,4,20-25,27-31,33-40,42-49H2,1-3H3,(H,75,86)(H,76,95)(H,77,88)(H,78,96)(H,79,94)(H,80,87)/t50-,56-,58-,59+,60+,68-,74-/m0/s1. The van der Waals surface area contributed by atoms with Crippen LogP contribution in [-0.4, -0.2) is 218 Å². The second kappa shape index (κ2) is 38.6. The van der Waals surface area contributed by atoms with E-state index in [1.807, 2.05) is 120 Å². The first-order valence-electron chi connectivity index (χ1n) is 35.2. The maximum atomic E-state index is 14.3. The lowest BCUT2D eigenvalue weighted by Crippen LogP contribution is -2.54. The third kappa shape index (κ3) is 23.7. The van der Waals surface area contributed by atoms with Crippen LogP contribution in [0.5, 0.6) is 0 Å². The van der Waals surface area contributed by atoms with Crippen LogP contribution < -0.4 is 31.9 Å². The molecule has 101 heavy (non-hydrogen) atoms. The minimum atomic E-state index is -1.15. The smallest absolute Gasteiger partial charge is 0.320 e. The molecule has 3 aromatic carbocycles. The molecule has 0 spiro atoms. The number of nitrogens with one attached hydrogen (secondary N) is 6. The number of hydrogen-bond donors (Lipinski definition) is 6. The molecule has 0 radical (unpaired) electrons. The van der Waals surface area contributed by atoms with E-state index in [9.17, 15) is 52.7 Å². The van der Waals surface area contributed by atoms with Gasteiger partial charge in [-0.3, -0.25) is 67.4 Å². The Labute approximate surface area is 589 Å². The summed E-state index contributed by atoms with van der Waals surface area (Å²) in [7, 11) is 1.37. The number of carbonyl (C=O) groups excluding carboxylic acids is 11. The highest BCUT2D eigenvalue weighted by Crippen LogP contribution is 2.35. The summed E-state index contributed by atoms with van der Waals surface area (Å²) < 4.78 is 29.1. The minimum absolute atomic E-state index is 0.000548. The monoisotopic (exact) mass is 1400 g/mol. The van der Waals surface area contributed by atoms with Crippen LogP contribution in [0, 0.1) is 17.8 Å². The molecule has 5 aliphatic rings. The fourth-order valence-corrected chi connectivity index (χ4v) is 13.1. The molecule has 9 rings (SSSR count). The summed E-state index contributed by atoms with van der Waals surface area (Å²) in [5.74, 6) is -5.95. The summed E-state index contributed by atoms with van der Waals surface area (Å²) in [6.45, 7) is 10.1. The number of rotatable bonds is 33. The quantitative estimate of drug-likeness (QED) is 0.0295. The highest BCUT2D eigenvalue weighted by Gasteiger charge is 2.41. The van der Waals surface area contributed by atoms with Crippen molar-refractivity contribution >= 4 is 70.7 Å². The first-order valence-corrected chi connectivity index (χ1v) is 35.2. The molecule has 1 aliphatic carbocycles. The zero-order valence-corrected chi connectivity index (χ0v) is 58.1. The molecule has 27 heteroatoms. The molecule has 4 aromatic rings. The van der Waals surface area contributed by atoms with Gasteiger partial charge >= 0.3 is 23.9 Å². The summed E-state index contributed by atoms with van der Waals surface area (Å²) in [5, 5.41) is 16.7. The van der Waals surface area contributed by atoms with Gasteiger partial charge in [-0.25, -0.2) is 0 Å². The van der Waals surface area contributed by atoms with Crippen LogP contribution in [0.15, 0.2) is 109 Å². The third-order valence-corrected chi connectivity index (χ3v) is 19.2. The van der Waals surface area contributed by atoms with Gasteiger partial charge in [-0.1, -0.05) is 117 Å². The van der Waals surface area contributed by atoms with Crippen molar-refractivity contribution in [3.05, 3.63) is 137 Å². The van der Waals surface area contributed by atoms with Crippen LogP contribution in [0.1, 0.15) is 99.6 Å². The fourth-order valence-electron chi connectivity index (χ4n) is 13.1. The van der Waals surface area contributed by atoms with E-state index in [1.54, 1.807) is 13.0 Å². The first kappa shape index (κ1) is 76.0. The summed E-state index contributed by atoms with van der Waals surface area (Å²) in [5.41, 5.74) is 4.34. The van der Waals surface area contributed by atoms with E-state index in [0.717, 1.165) is 41.6 Å². The SMILES string of the molecule is CC[C@H](C)[C@H](NC(=O)CCNC(=O)CCNC(=O)[C@@H](CCC(=O)OCc1ccccc1)NC(=O)CN1CCC(CN2CCN(CC(=O)OCc3ccccc3)CCN(CC(=O)OCc3ccccc3)CC2)CC1)C(=O)N[C@H]1CCn2ccc3c2C(=C[C@@H](C(=O)N[C@@H]2CC(=O)O[C@@H]2OC)C3)C1=O. The lowest BCUT2D eigenvalue weighted by molar-refractivity contribution is -0.160. The molecule has 0 bridgehead atoms. The number of esters is 4. The number of ether oxygens (including phenoxy) is 5. The summed E-state index contributed by atoms with van der Waals surface area (Å²) >= 11 is 0. The number of aromatic nitrogens is 1. The van der Waals surface area contributed by atoms with Gasteiger partial charge in [-0.05, 0) is 85.3 Å². The van der Waals surface area contributed by atoms with Crippen LogP contribution in [-0.2, 0) is 109 Å². The Hall–Kier alpha value is -9.15. The third-order valence-electron chi connectivity index (χ3n) is 19.2. The van der Waals surface area contributed by atoms with Gasteiger partial charge in [0.25, 0.3) is 0 Å². The molecule has 27 nitrogen and oxygen atoms in total. The van der Waals surface area contributed by atoms with Gasteiger partial charge in [0.15, 0.2) is 5.78 Å². The molecular formula is C74H97N11O16. The normalized spacial score (nSPS) is 20.1. The average Bonchev–Trinajstić information content (AvgIpc) is 1.63. The predicted molar refractivity (Wildman–Crippen MR) is 370 cm³/mol. The lowest BCUT2D eigenvalue weighted by Gasteiger charge is -2.35.